The molecule has 1 N–H and O–H groups in total. The number of hydrogen-bond donors (Lipinski definition) is 1. The lowest BCUT2D eigenvalue weighted by molar-refractivity contribution is -0.121. The number of anilines is 1. The molecule has 3 heterocycles. The predicted molar refractivity (Wildman–Crippen MR) is 106 cm³/mol. The number of fused-ring (bicyclic) bond motifs is 1. The van der Waals surface area contributed by atoms with Gasteiger partial charge in [0.15, 0.2) is 0 Å². The molecule has 28 heavy (non-hydrogen) atoms. The number of carbonyl (C=O) groups excluding carboxylic acids is 1. The van der Waals surface area contributed by atoms with Gasteiger partial charge in [-0.2, -0.15) is 0 Å². The van der Waals surface area contributed by atoms with Crippen LogP contribution in [0, 0.1) is 0 Å². The highest BCUT2D eigenvalue weighted by Gasteiger charge is 2.14. The first-order chi connectivity index (χ1) is 13.7. The zero-order chi connectivity index (χ0) is 19.3. The molecule has 8 nitrogen and oxygen atoms in total. The van der Waals surface area contributed by atoms with Gasteiger partial charge in [-0.3, -0.25) is 14.2 Å². The number of amides is 1. The van der Waals surface area contributed by atoms with Crippen molar-refractivity contribution in [3.63, 3.8) is 0 Å². The van der Waals surface area contributed by atoms with Crippen molar-refractivity contribution in [1.29, 1.82) is 0 Å². The number of rotatable bonds is 6. The Labute approximate surface area is 162 Å². The molecule has 8 heteroatoms. The third kappa shape index (κ3) is 4.00. The lowest BCUT2D eigenvalue weighted by Gasteiger charge is -2.16. The van der Waals surface area contributed by atoms with Crippen molar-refractivity contribution >= 4 is 22.6 Å². The van der Waals surface area contributed by atoms with Gasteiger partial charge in [0.2, 0.25) is 5.91 Å². The zero-order valence-corrected chi connectivity index (χ0v) is 15.5. The van der Waals surface area contributed by atoms with Crippen LogP contribution in [0.1, 0.15) is 25.1 Å². The first kappa shape index (κ1) is 18.1. The molecule has 0 aliphatic carbocycles. The van der Waals surface area contributed by atoms with Gasteiger partial charge in [0, 0.05) is 32.3 Å². The minimum atomic E-state index is -0.157. The molecule has 144 valence electrons. The molecule has 1 saturated heterocycles. The lowest BCUT2D eigenvalue weighted by atomic mass is 10.2. The molecule has 1 aliphatic heterocycles. The average Bonchev–Trinajstić information content (AvgIpc) is 3.27. The van der Waals surface area contributed by atoms with Crippen molar-refractivity contribution in [2.24, 2.45) is 0 Å². The number of nitrogens with zero attached hydrogens (tertiary/aromatic N) is 5. The first-order valence-electron chi connectivity index (χ1n) is 9.48. The van der Waals surface area contributed by atoms with Crippen molar-refractivity contribution < 1.29 is 4.79 Å². The molecule has 0 radical (unpaired) electrons. The van der Waals surface area contributed by atoms with Crippen LogP contribution in [0.3, 0.4) is 0 Å². The van der Waals surface area contributed by atoms with Gasteiger partial charge in [-0.05, 0) is 31.0 Å². The van der Waals surface area contributed by atoms with Gasteiger partial charge in [0.1, 0.15) is 11.6 Å². The monoisotopic (exact) mass is 378 g/mol. The van der Waals surface area contributed by atoms with Crippen LogP contribution in [-0.2, 0) is 17.9 Å². The predicted octanol–water partition coefficient (Wildman–Crippen LogP) is 1.49. The van der Waals surface area contributed by atoms with Gasteiger partial charge >= 0.3 is 0 Å². The second kappa shape index (κ2) is 8.16. The van der Waals surface area contributed by atoms with Crippen LogP contribution in [-0.4, -0.2) is 38.5 Å². The largest absolute Gasteiger partial charge is 0.357 e. The van der Waals surface area contributed by atoms with E-state index in [9.17, 15) is 9.59 Å². The van der Waals surface area contributed by atoms with E-state index in [4.69, 9.17) is 0 Å². The molecule has 4 rings (SSSR count). The van der Waals surface area contributed by atoms with Crippen molar-refractivity contribution in [2.75, 3.05) is 18.0 Å². The van der Waals surface area contributed by atoms with E-state index in [1.165, 1.54) is 23.7 Å². The van der Waals surface area contributed by atoms with E-state index in [1.54, 1.807) is 24.4 Å². The minimum absolute atomic E-state index is 0.139. The normalized spacial score (nSPS) is 13.8. The summed E-state index contributed by atoms with van der Waals surface area (Å²) < 4.78 is 1.46. The van der Waals surface area contributed by atoms with Gasteiger partial charge in [-0.15, -0.1) is 0 Å². The van der Waals surface area contributed by atoms with Crippen LogP contribution in [0.15, 0.2) is 47.7 Å². The van der Waals surface area contributed by atoms with E-state index in [1.807, 2.05) is 12.1 Å². The van der Waals surface area contributed by atoms with Gasteiger partial charge in [-0.1, -0.05) is 12.1 Å². The van der Waals surface area contributed by atoms with Crippen molar-refractivity contribution in [3.8, 4) is 0 Å². The van der Waals surface area contributed by atoms with Crippen LogP contribution < -0.4 is 15.8 Å². The molecule has 1 fully saturated rings. The number of hydrogen-bond acceptors (Lipinski definition) is 6. The van der Waals surface area contributed by atoms with Crippen molar-refractivity contribution in [1.82, 2.24) is 24.8 Å². The highest BCUT2D eigenvalue weighted by molar-refractivity contribution is 5.77. The van der Waals surface area contributed by atoms with E-state index in [2.05, 4.69) is 25.2 Å². The summed E-state index contributed by atoms with van der Waals surface area (Å²) in [6.07, 6.45) is 5.76. The molecule has 2 aromatic heterocycles. The number of aryl methyl sites for hydroxylation is 1. The summed E-state index contributed by atoms with van der Waals surface area (Å²) in [6.45, 7) is 2.57. The first-order valence-corrected chi connectivity index (χ1v) is 9.48. The van der Waals surface area contributed by atoms with Crippen LogP contribution >= 0.6 is 0 Å². The van der Waals surface area contributed by atoms with Crippen LogP contribution in [0.25, 0.3) is 10.9 Å². The zero-order valence-electron chi connectivity index (χ0n) is 15.5. The van der Waals surface area contributed by atoms with E-state index in [0.29, 0.717) is 16.7 Å². The fourth-order valence-corrected chi connectivity index (χ4v) is 3.35. The van der Waals surface area contributed by atoms with Crippen LogP contribution in [0.2, 0.25) is 0 Å². The molecular formula is C20H22N6O2. The highest BCUT2D eigenvalue weighted by Crippen LogP contribution is 2.16. The lowest BCUT2D eigenvalue weighted by Crippen LogP contribution is -2.28. The Balaban J connectivity index is 1.33. The Hall–Kier alpha value is -3.29. The van der Waals surface area contributed by atoms with E-state index < -0.39 is 0 Å². The maximum Gasteiger partial charge on any atom is 0.261 e. The molecule has 1 amide bonds. The van der Waals surface area contributed by atoms with Gasteiger partial charge in [0.25, 0.3) is 5.56 Å². The topological polar surface area (TPSA) is 93.0 Å². The summed E-state index contributed by atoms with van der Waals surface area (Å²) >= 11 is 0. The number of benzene rings is 1. The molecule has 1 aliphatic rings. The molecule has 3 aromatic rings. The molecule has 0 atom stereocenters. The van der Waals surface area contributed by atoms with Crippen LogP contribution in [0.4, 0.5) is 5.82 Å². The van der Waals surface area contributed by atoms with Crippen LogP contribution in [0.5, 0.6) is 0 Å². The standard InChI is InChI=1S/C20H22N6O2/c27-19(8-12-26-14-23-16-6-2-1-5-15(16)20(26)28)22-13-17-21-9-7-18(24-17)25-10-3-4-11-25/h1-2,5-7,9,14H,3-4,8,10-13H2,(H,22,27). The Morgan fingerprint density at radius 3 is 2.79 bits per heavy atom. The summed E-state index contributed by atoms with van der Waals surface area (Å²) in [6, 6.07) is 9.08. The average molecular weight is 378 g/mol. The molecule has 1 aromatic carbocycles. The van der Waals surface area contributed by atoms with Crippen molar-refractivity contribution in [2.45, 2.75) is 32.4 Å². The number of nitrogens with one attached hydrogen (secondary N) is 1. The third-order valence-corrected chi connectivity index (χ3v) is 4.88. The number of carbonyl (C=O) groups is 1. The molecule has 0 unspecified atom stereocenters. The SMILES string of the molecule is O=C(CCn1cnc2ccccc2c1=O)NCc1nccc(N2CCCC2)n1. The second-order valence-corrected chi connectivity index (χ2v) is 6.81. The number of para-hydroxylation sites is 1. The molecule has 0 bridgehead atoms. The fraction of sp³-hybridized carbons (Fsp3) is 0.350. The maximum atomic E-state index is 12.5. The Morgan fingerprint density at radius 2 is 1.93 bits per heavy atom. The summed E-state index contributed by atoms with van der Waals surface area (Å²) in [7, 11) is 0. The fourth-order valence-electron chi connectivity index (χ4n) is 3.35. The smallest absolute Gasteiger partial charge is 0.261 e. The highest BCUT2D eigenvalue weighted by atomic mass is 16.1. The quantitative estimate of drug-likeness (QED) is 0.699. The Kier molecular flexibility index (Phi) is 5.27. The summed E-state index contributed by atoms with van der Waals surface area (Å²) in [5, 5.41) is 3.38. The Morgan fingerprint density at radius 1 is 1.11 bits per heavy atom. The molecule has 0 spiro atoms. The molecule has 0 saturated carbocycles. The van der Waals surface area contributed by atoms with Gasteiger partial charge in [0.05, 0.1) is 23.8 Å². The Bertz CT molecular complexity index is 1040. The maximum absolute atomic E-state index is 12.5. The minimum Gasteiger partial charge on any atom is -0.357 e. The third-order valence-electron chi connectivity index (χ3n) is 4.88. The van der Waals surface area contributed by atoms with E-state index >= 15 is 0 Å². The summed E-state index contributed by atoms with van der Waals surface area (Å²) in [4.78, 5) is 39.9. The number of aromatic nitrogens is 4. The van der Waals surface area contributed by atoms with Crippen molar-refractivity contribution in [3.05, 3.63) is 59.0 Å². The summed E-state index contributed by atoms with van der Waals surface area (Å²) in [5.41, 5.74) is 0.517. The van der Waals surface area contributed by atoms with E-state index in [-0.39, 0.29) is 31.0 Å². The van der Waals surface area contributed by atoms with Gasteiger partial charge in [-0.25, -0.2) is 15.0 Å². The van der Waals surface area contributed by atoms with E-state index in [0.717, 1.165) is 18.9 Å². The molecular weight excluding hydrogens is 356 g/mol. The van der Waals surface area contributed by atoms with Gasteiger partial charge < -0.3 is 10.2 Å². The second-order valence-electron chi connectivity index (χ2n) is 6.81. The summed E-state index contributed by atoms with van der Waals surface area (Å²) in [5.74, 6) is 1.34.